The number of rotatable bonds is 7. The van der Waals surface area contributed by atoms with E-state index in [0.29, 0.717) is 12.3 Å². The number of amides is 3. The number of aliphatic hydroxyl groups is 1. The summed E-state index contributed by atoms with van der Waals surface area (Å²) >= 11 is 0. The first kappa shape index (κ1) is 16.8. The molecular formula is C11H18N4O4. The summed E-state index contributed by atoms with van der Waals surface area (Å²) in [6, 6.07) is 0. The van der Waals surface area contributed by atoms with Gasteiger partial charge in [-0.3, -0.25) is 14.4 Å². The molecule has 0 fully saturated rings. The summed E-state index contributed by atoms with van der Waals surface area (Å²) < 4.78 is 0. The van der Waals surface area contributed by atoms with Gasteiger partial charge in [0.2, 0.25) is 5.91 Å². The molecule has 0 aliphatic carbocycles. The number of carbonyl (C=O) groups excluding carboxylic acids is 3. The Morgan fingerprint density at radius 2 is 1.95 bits per heavy atom. The highest BCUT2D eigenvalue weighted by atomic mass is 16.3. The largest absolute Gasteiger partial charge is 0.395 e. The van der Waals surface area contributed by atoms with Gasteiger partial charge < -0.3 is 15.7 Å². The van der Waals surface area contributed by atoms with Crippen molar-refractivity contribution < 1.29 is 19.5 Å². The fourth-order valence-electron chi connectivity index (χ4n) is 0.967. The quantitative estimate of drug-likeness (QED) is 0.190. The Bertz CT molecular complexity index is 379. The van der Waals surface area contributed by atoms with Gasteiger partial charge in [-0.2, -0.15) is 5.10 Å². The fourth-order valence-corrected chi connectivity index (χ4v) is 0.967. The van der Waals surface area contributed by atoms with Crippen LogP contribution in [-0.4, -0.2) is 48.2 Å². The monoisotopic (exact) mass is 270 g/mol. The minimum atomic E-state index is -0.959. The molecular weight excluding hydrogens is 252 g/mol. The first-order valence-electron chi connectivity index (χ1n) is 5.61. The summed E-state index contributed by atoms with van der Waals surface area (Å²) in [6.07, 6.45) is 1.55. The topological polar surface area (TPSA) is 120 Å². The molecule has 0 saturated heterocycles. The van der Waals surface area contributed by atoms with Crippen molar-refractivity contribution in [1.29, 1.82) is 0 Å². The normalized spacial score (nSPS) is 10.5. The van der Waals surface area contributed by atoms with Crippen LogP contribution < -0.4 is 16.1 Å². The van der Waals surface area contributed by atoms with Crippen LogP contribution in [0.25, 0.3) is 0 Å². The van der Waals surface area contributed by atoms with Gasteiger partial charge in [0.1, 0.15) is 0 Å². The lowest BCUT2D eigenvalue weighted by Gasteiger charge is -2.03. The molecule has 3 amide bonds. The summed E-state index contributed by atoms with van der Waals surface area (Å²) in [5, 5.41) is 16.8. The number of nitrogens with zero attached hydrogens (tertiary/aromatic N) is 1. The average Bonchev–Trinajstić information content (AvgIpc) is 2.39. The van der Waals surface area contributed by atoms with E-state index in [2.05, 4.69) is 22.3 Å². The third-order valence-corrected chi connectivity index (χ3v) is 1.81. The van der Waals surface area contributed by atoms with Gasteiger partial charge in [-0.15, -0.1) is 6.58 Å². The van der Waals surface area contributed by atoms with Gasteiger partial charge in [0.25, 0.3) is 0 Å². The van der Waals surface area contributed by atoms with Crippen molar-refractivity contribution in [2.45, 2.75) is 13.3 Å². The Balaban J connectivity index is 4.09. The van der Waals surface area contributed by atoms with Crippen LogP contribution in [0.4, 0.5) is 0 Å². The minimum absolute atomic E-state index is 0.00633. The fraction of sp³-hybridized carbons (Fsp3) is 0.455. The SMILES string of the molecule is C=CCNC(=O)C/C(C)=N/NC(=O)C(=O)NCCO. The second kappa shape index (κ2) is 9.77. The van der Waals surface area contributed by atoms with Crippen LogP contribution in [0.15, 0.2) is 17.8 Å². The lowest BCUT2D eigenvalue weighted by atomic mass is 10.3. The average molecular weight is 270 g/mol. The predicted molar refractivity (Wildman–Crippen MR) is 69.2 cm³/mol. The number of hydrogen-bond acceptors (Lipinski definition) is 5. The predicted octanol–water partition coefficient (Wildman–Crippen LogP) is -1.72. The number of nitrogens with one attached hydrogen (secondary N) is 3. The third kappa shape index (κ3) is 8.50. The van der Waals surface area contributed by atoms with E-state index in [1.165, 1.54) is 6.08 Å². The van der Waals surface area contributed by atoms with Crippen molar-refractivity contribution in [2.24, 2.45) is 5.10 Å². The van der Waals surface area contributed by atoms with E-state index >= 15 is 0 Å². The molecule has 0 aromatic rings. The molecule has 0 spiro atoms. The van der Waals surface area contributed by atoms with E-state index in [1.807, 2.05) is 5.43 Å². The van der Waals surface area contributed by atoms with Crippen molar-refractivity contribution in [3.8, 4) is 0 Å². The molecule has 4 N–H and O–H groups in total. The van der Waals surface area contributed by atoms with Crippen LogP contribution >= 0.6 is 0 Å². The molecule has 0 aromatic heterocycles. The van der Waals surface area contributed by atoms with Gasteiger partial charge in [0, 0.05) is 18.8 Å². The number of hydrogen-bond donors (Lipinski definition) is 4. The van der Waals surface area contributed by atoms with Crippen LogP contribution in [0.3, 0.4) is 0 Å². The van der Waals surface area contributed by atoms with E-state index in [-0.39, 0.29) is 25.5 Å². The standard InChI is InChI=1S/C11H18N4O4/c1-3-4-12-9(17)7-8(2)14-15-11(19)10(18)13-5-6-16/h3,16H,1,4-7H2,2H3,(H,12,17)(H,13,18)(H,15,19)/b14-8+. The summed E-state index contributed by atoms with van der Waals surface area (Å²) in [5.41, 5.74) is 2.36. The van der Waals surface area contributed by atoms with E-state index < -0.39 is 11.8 Å². The van der Waals surface area contributed by atoms with Gasteiger partial charge in [-0.25, -0.2) is 5.43 Å². The molecule has 0 aliphatic heterocycles. The van der Waals surface area contributed by atoms with E-state index in [4.69, 9.17) is 5.11 Å². The molecule has 0 unspecified atom stereocenters. The summed E-state index contributed by atoms with van der Waals surface area (Å²) in [6.45, 7) is 5.07. The van der Waals surface area contributed by atoms with E-state index in [1.54, 1.807) is 6.92 Å². The van der Waals surface area contributed by atoms with Gasteiger partial charge in [0.05, 0.1) is 13.0 Å². The highest BCUT2D eigenvalue weighted by Crippen LogP contribution is 1.85. The second-order valence-electron chi connectivity index (χ2n) is 3.54. The zero-order valence-electron chi connectivity index (χ0n) is 10.7. The molecule has 0 heterocycles. The van der Waals surface area contributed by atoms with Crippen LogP contribution in [0.5, 0.6) is 0 Å². The molecule has 8 nitrogen and oxygen atoms in total. The van der Waals surface area contributed by atoms with Gasteiger partial charge in [0.15, 0.2) is 0 Å². The summed E-state index contributed by atoms with van der Waals surface area (Å²) in [7, 11) is 0. The van der Waals surface area contributed by atoms with E-state index in [0.717, 1.165) is 0 Å². The summed E-state index contributed by atoms with van der Waals surface area (Å²) in [4.78, 5) is 33.5. The van der Waals surface area contributed by atoms with Gasteiger partial charge in [-0.1, -0.05) is 6.08 Å². The molecule has 0 atom stereocenters. The first-order chi connectivity index (χ1) is 9.01. The Kier molecular flexibility index (Phi) is 8.63. The Morgan fingerprint density at radius 1 is 1.26 bits per heavy atom. The number of hydrazone groups is 1. The smallest absolute Gasteiger partial charge is 0.329 e. The maximum absolute atomic E-state index is 11.3. The molecule has 0 aromatic carbocycles. The molecule has 0 saturated carbocycles. The van der Waals surface area contributed by atoms with Crippen molar-refractivity contribution in [1.82, 2.24) is 16.1 Å². The first-order valence-corrected chi connectivity index (χ1v) is 5.61. The Labute approximate surface area is 110 Å². The minimum Gasteiger partial charge on any atom is -0.395 e. The van der Waals surface area contributed by atoms with Crippen LogP contribution in [0.2, 0.25) is 0 Å². The lowest BCUT2D eigenvalue weighted by molar-refractivity contribution is -0.139. The van der Waals surface area contributed by atoms with E-state index in [9.17, 15) is 14.4 Å². The van der Waals surface area contributed by atoms with Crippen LogP contribution in [0.1, 0.15) is 13.3 Å². The van der Waals surface area contributed by atoms with Gasteiger partial charge in [-0.05, 0) is 6.92 Å². The number of carbonyl (C=O) groups is 3. The van der Waals surface area contributed by atoms with Crippen molar-refractivity contribution in [3.05, 3.63) is 12.7 Å². The van der Waals surface area contributed by atoms with Crippen molar-refractivity contribution >= 4 is 23.4 Å². The Hall–Kier alpha value is -2.22. The molecule has 19 heavy (non-hydrogen) atoms. The summed E-state index contributed by atoms with van der Waals surface area (Å²) in [5.74, 6) is -2.12. The highest BCUT2D eigenvalue weighted by molar-refractivity contribution is 6.35. The maximum Gasteiger partial charge on any atom is 0.329 e. The van der Waals surface area contributed by atoms with Gasteiger partial charge >= 0.3 is 11.8 Å². The molecule has 106 valence electrons. The van der Waals surface area contributed by atoms with Crippen LogP contribution in [-0.2, 0) is 14.4 Å². The Morgan fingerprint density at radius 3 is 2.53 bits per heavy atom. The molecule has 0 rings (SSSR count). The lowest BCUT2D eigenvalue weighted by Crippen LogP contribution is -2.39. The highest BCUT2D eigenvalue weighted by Gasteiger charge is 2.11. The zero-order chi connectivity index (χ0) is 14.7. The van der Waals surface area contributed by atoms with Crippen molar-refractivity contribution in [3.63, 3.8) is 0 Å². The zero-order valence-corrected chi connectivity index (χ0v) is 10.7. The number of aliphatic hydroxyl groups excluding tert-OH is 1. The second-order valence-corrected chi connectivity index (χ2v) is 3.54. The molecule has 8 heteroatoms. The third-order valence-electron chi connectivity index (χ3n) is 1.81. The molecule has 0 radical (unpaired) electrons. The molecule has 0 aliphatic rings. The van der Waals surface area contributed by atoms with Crippen LogP contribution in [0, 0.1) is 0 Å². The van der Waals surface area contributed by atoms with Crippen molar-refractivity contribution in [2.75, 3.05) is 19.7 Å². The molecule has 0 bridgehead atoms. The maximum atomic E-state index is 11.3.